The Labute approximate surface area is 150 Å². The number of piperidine rings is 1. The second-order valence-corrected chi connectivity index (χ2v) is 9.62. The summed E-state index contributed by atoms with van der Waals surface area (Å²) in [5, 5.41) is 3.10. The minimum absolute atomic E-state index is 0.00999. The summed E-state index contributed by atoms with van der Waals surface area (Å²) in [5.41, 5.74) is 1.25. The summed E-state index contributed by atoms with van der Waals surface area (Å²) in [7, 11) is -3.42. The molecule has 0 aromatic heterocycles. The van der Waals surface area contributed by atoms with Crippen molar-refractivity contribution in [3.63, 3.8) is 0 Å². The molecule has 2 fully saturated rings. The van der Waals surface area contributed by atoms with Gasteiger partial charge in [0, 0.05) is 25.0 Å². The van der Waals surface area contributed by atoms with Crippen molar-refractivity contribution in [1.29, 1.82) is 0 Å². The van der Waals surface area contributed by atoms with Gasteiger partial charge in [-0.25, -0.2) is 8.42 Å². The average molecular weight is 365 g/mol. The summed E-state index contributed by atoms with van der Waals surface area (Å²) >= 11 is 0. The van der Waals surface area contributed by atoms with Crippen molar-refractivity contribution in [3.05, 3.63) is 29.8 Å². The smallest absolute Gasteiger partial charge is 0.243 e. The SMILES string of the molecule is CCc1ccc(S(=O)(=O)N2CCC3(CC2)C[C@@H]3NC(=O)C(C)C)cc1. The van der Waals surface area contributed by atoms with Crippen LogP contribution < -0.4 is 5.32 Å². The first-order valence-electron chi connectivity index (χ1n) is 9.18. The van der Waals surface area contributed by atoms with Gasteiger partial charge < -0.3 is 5.32 Å². The van der Waals surface area contributed by atoms with E-state index in [9.17, 15) is 13.2 Å². The van der Waals surface area contributed by atoms with Crippen LogP contribution in [0.25, 0.3) is 0 Å². The minimum atomic E-state index is -3.42. The lowest BCUT2D eigenvalue weighted by Crippen LogP contribution is -2.42. The standard InChI is InChI=1S/C19H28N2O3S/c1-4-15-5-7-16(8-6-15)25(23,24)21-11-9-19(10-12-21)13-17(19)20-18(22)14(2)3/h5-8,14,17H,4,9-13H2,1-3H3,(H,20,22)/t17-/m0/s1. The fourth-order valence-electron chi connectivity index (χ4n) is 3.66. The molecule has 1 amide bonds. The van der Waals surface area contributed by atoms with E-state index < -0.39 is 10.0 Å². The monoisotopic (exact) mass is 364 g/mol. The van der Waals surface area contributed by atoms with Crippen molar-refractivity contribution in [1.82, 2.24) is 9.62 Å². The Bertz CT molecular complexity index is 732. The van der Waals surface area contributed by atoms with Crippen molar-refractivity contribution in [3.8, 4) is 0 Å². The summed E-state index contributed by atoms with van der Waals surface area (Å²) < 4.78 is 27.2. The summed E-state index contributed by atoms with van der Waals surface area (Å²) in [6.07, 6.45) is 3.52. The molecular weight excluding hydrogens is 336 g/mol. The Morgan fingerprint density at radius 3 is 2.36 bits per heavy atom. The van der Waals surface area contributed by atoms with Gasteiger partial charge >= 0.3 is 0 Å². The lowest BCUT2D eigenvalue weighted by Gasteiger charge is -2.32. The third kappa shape index (κ3) is 3.60. The Hall–Kier alpha value is -1.40. The molecule has 1 aromatic carbocycles. The van der Waals surface area contributed by atoms with Crippen LogP contribution in [0.4, 0.5) is 0 Å². The summed E-state index contributed by atoms with van der Waals surface area (Å²) in [6, 6.07) is 7.41. The number of amides is 1. The van der Waals surface area contributed by atoms with Crippen molar-refractivity contribution in [2.75, 3.05) is 13.1 Å². The van der Waals surface area contributed by atoms with Crippen LogP contribution in [0.1, 0.15) is 45.6 Å². The predicted octanol–water partition coefficient (Wildman–Crippen LogP) is 2.56. The maximum Gasteiger partial charge on any atom is 0.243 e. The van der Waals surface area contributed by atoms with Gasteiger partial charge in [-0.05, 0) is 48.8 Å². The molecule has 1 aromatic rings. The Kier molecular flexibility index (Phi) is 4.95. The topological polar surface area (TPSA) is 66.5 Å². The highest BCUT2D eigenvalue weighted by molar-refractivity contribution is 7.89. The normalized spacial score (nSPS) is 23.0. The largest absolute Gasteiger partial charge is 0.353 e. The summed E-state index contributed by atoms with van der Waals surface area (Å²) in [5.74, 6) is 0.0807. The maximum absolute atomic E-state index is 12.8. The van der Waals surface area contributed by atoms with Gasteiger partial charge in [-0.3, -0.25) is 4.79 Å². The van der Waals surface area contributed by atoms with Crippen LogP contribution in [-0.4, -0.2) is 37.8 Å². The fourth-order valence-corrected chi connectivity index (χ4v) is 5.10. The number of hydrogen-bond acceptors (Lipinski definition) is 3. The molecule has 1 aliphatic heterocycles. The lowest BCUT2D eigenvalue weighted by molar-refractivity contribution is -0.124. The van der Waals surface area contributed by atoms with Crippen LogP contribution in [0.2, 0.25) is 0 Å². The molecule has 1 saturated carbocycles. The second kappa shape index (κ2) is 6.72. The van der Waals surface area contributed by atoms with E-state index in [1.54, 1.807) is 16.4 Å². The van der Waals surface area contributed by atoms with Crippen molar-refractivity contribution in [2.45, 2.75) is 57.4 Å². The number of carbonyl (C=O) groups excluding carboxylic acids is 1. The molecule has 1 heterocycles. The highest BCUT2D eigenvalue weighted by atomic mass is 32.2. The van der Waals surface area contributed by atoms with E-state index in [1.807, 2.05) is 26.0 Å². The highest BCUT2D eigenvalue weighted by Gasteiger charge is 2.56. The van der Waals surface area contributed by atoms with Crippen LogP contribution in [0.15, 0.2) is 29.2 Å². The van der Waals surface area contributed by atoms with Crippen LogP contribution >= 0.6 is 0 Å². The number of nitrogens with one attached hydrogen (secondary N) is 1. The zero-order valence-corrected chi connectivity index (χ0v) is 16.1. The van der Waals surface area contributed by atoms with Crippen LogP contribution in [0.3, 0.4) is 0 Å². The molecule has 1 aliphatic carbocycles. The third-order valence-corrected chi connectivity index (χ3v) is 7.63. The Balaban J connectivity index is 1.61. The predicted molar refractivity (Wildman–Crippen MR) is 97.6 cm³/mol. The summed E-state index contributed by atoms with van der Waals surface area (Å²) in [6.45, 7) is 6.91. The molecule has 0 bridgehead atoms. The fraction of sp³-hybridized carbons (Fsp3) is 0.632. The van der Waals surface area contributed by atoms with Crippen molar-refractivity contribution < 1.29 is 13.2 Å². The molecule has 6 heteroatoms. The van der Waals surface area contributed by atoms with E-state index >= 15 is 0 Å². The van der Waals surface area contributed by atoms with Gasteiger partial charge in [0.05, 0.1) is 4.90 Å². The zero-order chi connectivity index (χ0) is 18.2. The van der Waals surface area contributed by atoms with E-state index in [2.05, 4.69) is 12.2 Å². The van der Waals surface area contributed by atoms with E-state index in [0.717, 1.165) is 31.2 Å². The van der Waals surface area contributed by atoms with E-state index in [-0.39, 0.29) is 23.3 Å². The zero-order valence-electron chi connectivity index (χ0n) is 15.3. The lowest BCUT2D eigenvalue weighted by atomic mass is 9.94. The third-order valence-electron chi connectivity index (χ3n) is 5.72. The highest BCUT2D eigenvalue weighted by Crippen LogP contribution is 2.54. The molecular formula is C19H28N2O3S. The molecule has 1 spiro atoms. The molecule has 5 nitrogen and oxygen atoms in total. The van der Waals surface area contributed by atoms with Gasteiger partial charge in [-0.1, -0.05) is 32.9 Å². The number of benzene rings is 1. The first kappa shape index (κ1) is 18.4. The number of hydrogen-bond donors (Lipinski definition) is 1. The van der Waals surface area contributed by atoms with Gasteiger partial charge in [0.15, 0.2) is 0 Å². The molecule has 25 heavy (non-hydrogen) atoms. The van der Waals surface area contributed by atoms with Crippen LogP contribution in [-0.2, 0) is 21.2 Å². The van der Waals surface area contributed by atoms with E-state index in [0.29, 0.717) is 18.0 Å². The van der Waals surface area contributed by atoms with Crippen molar-refractivity contribution in [2.24, 2.45) is 11.3 Å². The molecule has 1 atom stereocenters. The molecule has 1 N–H and O–H groups in total. The van der Waals surface area contributed by atoms with Gasteiger partial charge in [-0.2, -0.15) is 4.31 Å². The van der Waals surface area contributed by atoms with Gasteiger partial charge in [0.2, 0.25) is 15.9 Å². The van der Waals surface area contributed by atoms with Gasteiger partial charge in [0.1, 0.15) is 0 Å². The maximum atomic E-state index is 12.8. The second-order valence-electron chi connectivity index (χ2n) is 7.68. The summed E-state index contributed by atoms with van der Waals surface area (Å²) in [4.78, 5) is 12.2. The molecule has 0 unspecified atom stereocenters. The van der Waals surface area contributed by atoms with E-state index in [4.69, 9.17) is 0 Å². The number of aryl methyl sites for hydroxylation is 1. The van der Waals surface area contributed by atoms with Crippen molar-refractivity contribution >= 4 is 15.9 Å². The van der Waals surface area contributed by atoms with Crippen LogP contribution in [0.5, 0.6) is 0 Å². The van der Waals surface area contributed by atoms with Gasteiger partial charge in [0.25, 0.3) is 0 Å². The molecule has 2 aliphatic rings. The Morgan fingerprint density at radius 2 is 1.84 bits per heavy atom. The Morgan fingerprint density at radius 1 is 1.24 bits per heavy atom. The number of carbonyl (C=O) groups is 1. The molecule has 3 rings (SSSR count). The molecule has 1 saturated heterocycles. The van der Waals surface area contributed by atoms with Crippen LogP contribution in [0, 0.1) is 11.3 Å². The van der Waals surface area contributed by atoms with E-state index in [1.165, 1.54) is 0 Å². The number of sulfonamides is 1. The minimum Gasteiger partial charge on any atom is -0.353 e. The molecule has 0 radical (unpaired) electrons. The number of rotatable bonds is 5. The molecule has 138 valence electrons. The first-order valence-corrected chi connectivity index (χ1v) is 10.6. The number of nitrogens with zero attached hydrogens (tertiary/aromatic N) is 1. The van der Waals surface area contributed by atoms with Gasteiger partial charge in [-0.15, -0.1) is 0 Å². The first-order chi connectivity index (χ1) is 11.8. The average Bonchev–Trinajstić information content (AvgIpc) is 3.26. The quantitative estimate of drug-likeness (QED) is 0.873.